The molecule has 0 aromatic heterocycles. The van der Waals surface area contributed by atoms with E-state index in [0.29, 0.717) is 0 Å². The van der Waals surface area contributed by atoms with Crippen molar-refractivity contribution in [2.45, 2.75) is 26.1 Å². The van der Waals surface area contributed by atoms with Gasteiger partial charge in [0, 0.05) is 0 Å². The van der Waals surface area contributed by atoms with Crippen molar-refractivity contribution in [2.75, 3.05) is 0 Å². The predicted octanol–water partition coefficient (Wildman–Crippen LogP) is 1.67. The van der Waals surface area contributed by atoms with Crippen molar-refractivity contribution in [2.24, 2.45) is 0 Å². The van der Waals surface area contributed by atoms with Crippen LogP contribution in [0.4, 0.5) is 4.39 Å². The summed E-state index contributed by atoms with van der Waals surface area (Å²) in [6.07, 6.45) is -1.30. The Kier molecular flexibility index (Phi) is 3.84. The lowest BCUT2D eigenvalue weighted by molar-refractivity contribution is 0.0577. The van der Waals surface area contributed by atoms with Gasteiger partial charge in [0.25, 0.3) is 0 Å². The minimum Gasteiger partial charge on any atom is -0.485 e. The zero-order valence-electron chi connectivity index (χ0n) is 8.98. The van der Waals surface area contributed by atoms with E-state index in [1.807, 2.05) is 0 Å². The number of hydrogen-bond donors (Lipinski definition) is 2. The highest BCUT2D eigenvalue weighted by atomic mass is 19.1. The number of aromatic carboxylic acids is 1. The molecule has 88 valence electrons. The first-order valence-electron chi connectivity index (χ1n) is 4.79. The van der Waals surface area contributed by atoms with Crippen LogP contribution >= 0.6 is 0 Å². The molecule has 2 atom stereocenters. The smallest absolute Gasteiger partial charge is 0.335 e. The molecule has 0 aliphatic carbocycles. The van der Waals surface area contributed by atoms with Crippen LogP contribution in [0.5, 0.6) is 5.75 Å². The van der Waals surface area contributed by atoms with Crippen LogP contribution in [0.1, 0.15) is 24.2 Å². The molecule has 1 rings (SSSR count). The molecule has 0 aliphatic rings. The molecule has 5 heteroatoms. The first-order valence-corrected chi connectivity index (χ1v) is 4.79. The number of ether oxygens (including phenoxy) is 1. The highest BCUT2D eigenvalue weighted by Gasteiger charge is 2.14. The lowest BCUT2D eigenvalue weighted by Crippen LogP contribution is -2.26. The van der Waals surface area contributed by atoms with Gasteiger partial charge in [-0.1, -0.05) is 0 Å². The number of rotatable bonds is 4. The predicted molar refractivity (Wildman–Crippen MR) is 55.1 cm³/mol. The fourth-order valence-corrected chi connectivity index (χ4v) is 1.03. The Hall–Kier alpha value is -1.62. The molecule has 1 aromatic carbocycles. The van der Waals surface area contributed by atoms with Crippen molar-refractivity contribution in [3.05, 3.63) is 29.6 Å². The standard InChI is InChI=1S/C11H13FO4/c1-6(13)7(2)16-10-4-3-8(11(14)15)5-9(10)12/h3-7,13H,1-2H3,(H,14,15). The van der Waals surface area contributed by atoms with Crippen molar-refractivity contribution in [1.29, 1.82) is 0 Å². The van der Waals surface area contributed by atoms with Crippen LogP contribution in [-0.2, 0) is 0 Å². The molecule has 0 amide bonds. The summed E-state index contributed by atoms with van der Waals surface area (Å²) in [5.41, 5.74) is -0.144. The topological polar surface area (TPSA) is 66.8 Å². The van der Waals surface area contributed by atoms with E-state index in [1.165, 1.54) is 19.1 Å². The van der Waals surface area contributed by atoms with E-state index >= 15 is 0 Å². The number of halogens is 1. The molecule has 2 unspecified atom stereocenters. The maximum absolute atomic E-state index is 13.4. The number of carboxylic acids is 1. The van der Waals surface area contributed by atoms with Gasteiger partial charge in [0.1, 0.15) is 6.10 Å². The largest absolute Gasteiger partial charge is 0.485 e. The van der Waals surface area contributed by atoms with Gasteiger partial charge in [-0.25, -0.2) is 9.18 Å². The number of hydrogen-bond acceptors (Lipinski definition) is 3. The van der Waals surface area contributed by atoms with Gasteiger partial charge in [-0.05, 0) is 32.0 Å². The zero-order chi connectivity index (χ0) is 12.3. The van der Waals surface area contributed by atoms with E-state index in [2.05, 4.69) is 0 Å². The molecule has 2 N–H and O–H groups in total. The van der Waals surface area contributed by atoms with Crippen molar-refractivity contribution in [3.63, 3.8) is 0 Å². The fraction of sp³-hybridized carbons (Fsp3) is 0.364. The minimum atomic E-state index is -1.20. The summed E-state index contributed by atoms with van der Waals surface area (Å²) >= 11 is 0. The van der Waals surface area contributed by atoms with Crippen LogP contribution in [0.3, 0.4) is 0 Å². The van der Waals surface area contributed by atoms with Gasteiger partial charge < -0.3 is 14.9 Å². The summed E-state index contributed by atoms with van der Waals surface area (Å²) in [5, 5.41) is 17.8. The Labute approximate surface area is 92.3 Å². The molecule has 0 bridgehead atoms. The van der Waals surface area contributed by atoms with Crippen molar-refractivity contribution in [3.8, 4) is 5.75 Å². The zero-order valence-corrected chi connectivity index (χ0v) is 8.98. The second kappa shape index (κ2) is 4.94. The molecular weight excluding hydrogens is 215 g/mol. The van der Waals surface area contributed by atoms with Crippen molar-refractivity contribution in [1.82, 2.24) is 0 Å². The number of carboxylic acid groups (broad SMARTS) is 1. The van der Waals surface area contributed by atoms with Gasteiger partial charge in [-0.3, -0.25) is 0 Å². The van der Waals surface area contributed by atoms with E-state index in [1.54, 1.807) is 6.92 Å². The summed E-state index contributed by atoms with van der Waals surface area (Å²) in [6, 6.07) is 3.36. The fourth-order valence-electron chi connectivity index (χ4n) is 1.03. The van der Waals surface area contributed by atoms with Crippen LogP contribution in [0.25, 0.3) is 0 Å². The van der Waals surface area contributed by atoms with E-state index in [9.17, 15) is 14.3 Å². The average Bonchev–Trinajstić information content (AvgIpc) is 2.20. The second-order valence-corrected chi connectivity index (χ2v) is 3.51. The highest BCUT2D eigenvalue weighted by molar-refractivity contribution is 5.87. The summed E-state index contributed by atoms with van der Waals surface area (Å²) in [4.78, 5) is 10.5. The van der Waals surface area contributed by atoms with Crippen LogP contribution < -0.4 is 4.74 Å². The van der Waals surface area contributed by atoms with Gasteiger partial charge in [0.15, 0.2) is 11.6 Å². The molecule has 0 saturated carbocycles. The SMILES string of the molecule is CC(O)C(C)Oc1ccc(C(=O)O)cc1F. The molecule has 0 fully saturated rings. The average molecular weight is 228 g/mol. The Morgan fingerprint density at radius 2 is 2.06 bits per heavy atom. The molecular formula is C11H13FO4. The summed E-state index contributed by atoms with van der Waals surface area (Å²) in [5.74, 6) is -2.03. The van der Waals surface area contributed by atoms with E-state index in [4.69, 9.17) is 9.84 Å². The maximum atomic E-state index is 13.4. The Morgan fingerprint density at radius 1 is 1.44 bits per heavy atom. The maximum Gasteiger partial charge on any atom is 0.335 e. The monoisotopic (exact) mass is 228 g/mol. The van der Waals surface area contributed by atoms with Gasteiger partial charge in [-0.2, -0.15) is 0 Å². The molecule has 0 saturated heterocycles. The lowest BCUT2D eigenvalue weighted by Gasteiger charge is -2.17. The minimum absolute atomic E-state index is 0.0709. The van der Waals surface area contributed by atoms with E-state index in [0.717, 1.165) is 6.07 Å². The molecule has 1 aromatic rings. The van der Waals surface area contributed by atoms with E-state index in [-0.39, 0.29) is 11.3 Å². The summed E-state index contributed by atoms with van der Waals surface area (Å²) in [7, 11) is 0. The Morgan fingerprint density at radius 3 is 2.50 bits per heavy atom. The molecule has 4 nitrogen and oxygen atoms in total. The number of carbonyl (C=O) groups is 1. The molecule has 0 spiro atoms. The van der Waals surface area contributed by atoms with E-state index < -0.39 is 24.0 Å². The molecule has 0 aliphatic heterocycles. The molecule has 16 heavy (non-hydrogen) atoms. The van der Waals surface area contributed by atoms with Gasteiger partial charge in [-0.15, -0.1) is 0 Å². The molecule has 0 radical (unpaired) electrons. The third-order valence-electron chi connectivity index (χ3n) is 2.17. The summed E-state index contributed by atoms with van der Waals surface area (Å²) in [6.45, 7) is 3.11. The van der Waals surface area contributed by atoms with Gasteiger partial charge in [0.2, 0.25) is 0 Å². The third kappa shape index (κ3) is 2.93. The van der Waals surface area contributed by atoms with Crippen LogP contribution in [0.2, 0.25) is 0 Å². The number of aliphatic hydroxyl groups is 1. The highest BCUT2D eigenvalue weighted by Crippen LogP contribution is 2.20. The number of aliphatic hydroxyl groups excluding tert-OH is 1. The first-order chi connectivity index (χ1) is 7.41. The molecule has 0 heterocycles. The van der Waals surface area contributed by atoms with Crippen molar-refractivity contribution < 1.29 is 24.1 Å². The number of benzene rings is 1. The van der Waals surface area contributed by atoms with Crippen LogP contribution in [-0.4, -0.2) is 28.4 Å². The van der Waals surface area contributed by atoms with Crippen LogP contribution in [0.15, 0.2) is 18.2 Å². The quantitative estimate of drug-likeness (QED) is 0.822. The van der Waals surface area contributed by atoms with Crippen molar-refractivity contribution >= 4 is 5.97 Å². The van der Waals surface area contributed by atoms with Gasteiger partial charge in [0.05, 0.1) is 11.7 Å². The lowest BCUT2D eigenvalue weighted by atomic mass is 10.2. The first kappa shape index (κ1) is 12.4. The second-order valence-electron chi connectivity index (χ2n) is 3.51. The Balaban J connectivity index is 2.87. The third-order valence-corrected chi connectivity index (χ3v) is 2.17. The Bertz CT molecular complexity index is 390. The van der Waals surface area contributed by atoms with Gasteiger partial charge >= 0.3 is 5.97 Å². The summed E-state index contributed by atoms with van der Waals surface area (Å²) < 4.78 is 18.5. The van der Waals surface area contributed by atoms with Crippen LogP contribution in [0, 0.1) is 5.82 Å². The normalized spacial score (nSPS) is 14.2.